The largest absolute Gasteiger partial charge is 0.465 e. The molecule has 7 nitrogen and oxygen atoms in total. The Balaban J connectivity index is 1.62. The Morgan fingerprint density at radius 1 is 1.07 bits per heavy atom. The summed E-state index contributed by atoms with van der Waals surface area (Å²) < 4.78 is 15.9. The molecule has 146 valence electrons. The molecule has 0 fully saturated rings. The van der Waals surface area contributed by atoms with E-state index in [1.54, 1.807) is 36.4 Å². The average molecular weight is 393 g/mol. The molecule has 1 aliphatic rings. The molecule has 4 rings (SSSR count). The van der Waals surface area contributed by atoms with Crippen LogP contribution in [0.3, 0.4) is 0 Å². The first-order chi connectivity index (χ1) is 14.0. The van der Waals surface area contributed by atoms with E-state index in [9.17, 15) is 23.9 Å². The lowest BCUT2D eigenvalue weighted by Crippen LogP contribution is -2.35. The fraction of sp³-hybridized carbons (Fsp3) is 0.0952. The molecule has 0 spiro atoms. The second-order valence-electron chi connectivity index (χ2n) is 6.57. The lowest BCUT2D eigenvalue weighted by atomic mass is 10.0. The second-order valence-corrected chi connectivity index (χ2v) is 6.57. The lowest BCUT2D eigenvalue weighted by molar-refractivity contribution is -0.120. The molecule has 2 heterocycles. The number of hydrogen-bond donors (Lipinski definition) is 2. The predicted molar refractivity (Wildman–Crippen MR) is 103 cm³/mol. The normalized spacial score (nSPS) is 15.1. The van der Waals surface area contributed by atoms with Crippen LogP contribution in [0, 0.1) is 5.82 Å². The van der Waals surface area contributed by atoms with Gasteiger partial charge in [-0.25, -0.2) is 9.18 Å². The zero-order valence-electron chi connectivity index (χ0n) is 15.1. The number of benzene rings is 2. The van der Waals surface area contributed by atoms with Gasteiger partial charge in [0, 0.05) is 18.3 Å². The van der Waals surface area contributed by atoms with Crippen molar-refractivity contribution in [3.05, 3.63) is 94.2 Å². The molecule has 2 amide bonds. The highest BCUT2D eigenvalue weighted by Gasteiger charge is 2.38. The van der Waals surface area contributed by atoms with Gasteiger partial charge < -0.3 is 10.4 Å². The Labute approximate surface area is 164 Å². The standard InChI is InChI=1S/C21H16FN3O4/c22-16-11-14(24-10-4-3-7-18(24)26)8-9-17(16)23-20(27)19-15-6-2-1-5-13(15)12-25(19)21(28)29/h1-11,19H,12H2,(H,23,27)(H,28,29). The third kappa shape index (κ3) is 3.36. The number of rotatable bonds is 3. The number of carbonyl (C=O) groups is 2. The topological polar surface area (TPSA) is 91.6 Å². The minimum atomic E-state index is -1.24. The van der Waals surface area contributed by atoms with E-state index in [1.807, 2.05) is 0 Å². The van der Waals surface area contributed by atoms with Crippen molar-refractivity contribution in [1.82, 2.24) is 9.47 Å². The number of carboxylic acid groups (broad SMARTS) is 1. The smallest absolute Gasteiger partial charge is 0.408 e. The second kappa shape index (κ2) is 7.23. The molecule has 0 bridgehead atoms. The molecular weight excluding hydrogens is 377 g/mol. The van der Waals surface area contributed by atoms with Crippen molar-refractivity contribution >= 4 is 17.7 Å². The first kappa shape index (κ1) is 18.4. The van der Waals surface area contributed by atoms with Crippen molar-refractivity contribution < 1.29 is 19.1 Å². The summed E-state index contributed by atoms with van der Waals surface area (Å²) in [5.74, 6) is -1.39. The van der Waals surface area contributed by atoms with Crippen LogP contribution in [0.2, 0.25) is 0 Å². The molecule has 29 heavy (non-hydrogen) atoms. The molecule has 3 aromatic rings. The zero-order valence-corrected chi connectivity index (χ0v) is 15.1. The maximum absolute atomic E-state index is 14.6. The number of hydrogen-bond acceptors (Lipinski definition) is 3. The van der Waals surface area contributed by atoms with E-state index in [0.29, 0.717) is 11.3 Å². The highest BCUT2D eigenvalue weighted by molar-refractivity contribution is 5.98. The van der Waals surface area contributed by atoms with E-state index in [1.165, 1.54) is 29.0 Å². The van der Waals surface area contributed by atoms with Gasteiger partial charge in [-0.05, 0) is 29.3 Å². The Morgan fingerprint density at radius 2 is 1.83 bits per heavy atom. The van der Waals surface area contributed by atoms with Crippen molar-refractivity contribution in [3.63, 3.8) is 0 Å². The Bertz CT molecular complexity index is 1170. The summed E-state index contributed by atoms with van der Waals surface area (Å²) in [6.07, 6.45) is 0.274. The van der Waals surface area contributed by atoms with Crippen molar-refractivity contribution in [2.45, 2.75) is 12.6 Å². The number of nitrogens with one attached hydrogen (secondary N) is 1. The first-order valence-corrected chi connectivity index (χ1v) is 8.81. The molecular formula is C21H16FN3O4. The fourth-order valence-electron chi connectivity index (χ4n) is 3.45. The van der Waals surface area contributed by atoms with Crippen LogP contribution >= 0.6 is 0 Å². The maximum Gasteiger partial charge on any atom is 0.408 e. The third-order valence-corrected chi connectivity index (χ3v) is 4.81. The van der Waals surface area contributed by atoms with Crippen LogP contribution in [0.25, 0.3) is 5.69 Å². The number of amides is 2. The molecule has 2 aromatic carbocycles. The van der Waals surface area contributed by atoms with Gasteiger partial charge in [-0.2, -0.15) is 0 Å². The molecule has 0 saturated heterocycles. The van der Waals surface area contributed by atoms with Gasteiger partial charge in [0.2, 0.25) is 0 Å². The van der Waals surface area contributed by atoms with Crippen LogP contribution in [0.15, 0.2) is 71.7 Å². The van der Waals surface area contributed by atoms with Crippen LogP contribution in [-0.4, -0.2) is 26.6 Å². The summed E-state index contributed by atoms with van der Waals surface area (Å²) in [7, 11) is 0. The van der Waals surface area contributed by atoms with Gasteiger partial charge in [-0.1, -0.05) is 30.3 Å². The van der Waals surface area contributed by atoms with Crippen LogP contribution in [0.4, 0.5) is 14.9 Å². The summed E-state index contributed by atoms with van der Waals surface area (Å²) in [5.41, 5.74) is 1.19. The van der Waals surface area contributed by atoms with Gasteiger partial charge in [-0.15, -0.1) is 0 Å². The molecule has 1 atom stereocenters. The van der Waals surface area contributed by atoms with Gasteiger partial charge in [0.1, 0.15) is 11.9 Å². The summed E-state index contributed by atoms with van der Waals surface area (Å²) in [5, 5.41) is 11.9. The number of fused-ring (bicyclic) bond motifs is 1. The quantitative estimate of drug-likeness (QED) is 0.715. The van der Waals surface area contributed by atoms with E-state index < -0.39 is 23.9 Å². The van der Waals surface area contributed by atoms with Gasteiger partial charge in [-0.3, -0.25) is 19.1 Å². The Kier molecular flexibility index (Phi) is 4.59. The number of anilines is 1. The number of pyridine rings is 1. The summed E-state index contributed by atoms with van der Waals surface area (Å²) in [4.78, 5) is 37.3. The molecule has 0 radical (unpaired) electrons. The summed E-state index contributed by atoms with van der Waals surface area (Å²) in [6.45, 7) is 0.0853. The third-order valence-electron chi connectivity index (χ3n) is 4.81. The number of nitrogens with zero attached hydrogens (tertiary/aromatic N) is 2. The number of carbonyl (C=O) groups excluding carboxylic acids is 1. The van der Waals surface area contributed by atoms with Crippen molar-refractivity contribution in [1.29, 1.82) is 0 Å². The highest BCUT2D eigenvalue weighted by Crippen LogP contribution is 2.34. The average Bonchev–Trinajstić information content (AvgIpc) is 3.10. The van der Waals surface area contributed by atoms with Gasteiger partial charge in [0.15, 0.2) is 0 Å². The van der Waals surface area contributed by atoms with Crippen molar-refractivity contribution in [2.24, 2.45) is 0 Å². The van der Waals surface area contributed by atoms with Crippen LogP contribution < -0.4 is 10.9 Å². The van der Waals surface area contributed by atoms with E-state index >= 15 is 0 Å². The van der Waals surface area contributed by atoms with Crippen LogP contribution in [-0.2, 0) is 11.3 Å². The van der Waals surface area contributed by atoms with E-state index in [4.69, 9.17) is 0 Å². The maximum atomic E-state index is 14.6. The predicted octanol–water partition coefficient (Wildman–Crippen LogP) is 3.15. The Morgan fingerprint density at radius 3 is 2.55 bits per heavy atom. The fourth-order valence-corrected chi connectivity index (χ4v) is 3.45. The molecule has 1 aliphatic heterocycles. The van der Waals surface area contributed by atoms with Crippen LogP contribution in [0.5, 0.6) is 0 Å². The molecule has 2 N–H and O–H groups in total. The first-order valence-electron chi connectivity index (χ1n) is 8.81. The highest BCUT2D eigenvalue weighted by atomic mass is 19.1. The summed E-state index contributed by atoms with van der Waals surface area (Å²) in [6, 6.07) is 14.4. The Hall–Kier alpha value is -3.94. The van der Waals surface area contributed by atoms with Crippen molar-refractivity contribution in [2.75, 3.05) is 5.32 Å². The monoisotopic (exact) mass is 393 g/mol. The molecule has 0 saturated carbocycles. The van der Waals surface area contributed by atoms with E-state index in [-0.39, 0.29) is 17.8 Å². The van der Waals surface area contributed by atoms with Gasteiger partial charge >= 0.3 is 6.09 Å². The summed E-state index contributed by atoms with van der Waals surface area (Å²) >= 11 is 0. The van der Waals surface area contributed by atoms with Crippen molar-refractivity contribution in [3.8, 4) is 5.69 Å². The number of aromatic nitrogens is 1. The molecule has 8 heteroatoms. The minimum absolute atomic E-state index is 0.0853. The van der Waals surface area contributed by atoms with Gasteiger partial charge in [0.25, 0.3) is 11.5 Å². The molecule has 1 unspecified atom stereocenters. The van der Waals surface area contributed by atoms with E-state index in [2.05, 4.69) is 5.32 Å². The SMILES string of the molecule is O=C(Nc1ccc(-n2ccccc2=O)cc1F)C1c2ccccc2CN1C(=O)O. The zero-order chi connectivity index (χ0) is 20.5. The minimum Gasteiger partial charge on any atom is -0.465 e. The molecule has 0 aliphatic carbocycles. The van der Waals surface area contributed by atoms with E-state index in [0.717, 1.165) is 16.5 Å². The van der Waals surface area contributed by atoms with Crippen LogP contribution in [0.1, 0.15) is 17.2 Å². The number of halogens is 1. The molecule has 1 aromatic heterocycles. The van der Waals surface area contributed by atoms with Gasteiger partial charge in [0.05, 0.1) is 17.9 Å². The lowest BCUT2D eigenvalue weighted by Gasteiger charge is -2.21.